The number of fused-ring (bicyclic) bond motifs is 1. The van der Waals surface area contributed by atoms with Crippen LogP contribution in [0, 0.1) is 5.92 Å². The van der Waals surface area contributed by atoms with Crippen LogP contribution in [0.2, 0.25) is 0 Å². The fraction of sp³-hybridized carbons (Fsp3) is 0.400. The second kappa shape index (κ2) is 5.89. The van der Waals surface area contributed by atoms with Gasteiger partial charge in [0.2, 0.25) is 5.91 Å². The number of hydrogen-bond acceptors (Lipinski definition) is 2. The largest absolute Gasteiger partial charge is 0.392 e. The lowest BCUT2D eigenvalue weighted by atomic mass is 10.2. The van der Waals surface area contributed by atoms with E-state index >= 15 is 0 Å². The zero-order chi connectivity index (χ0) is 13.8. The summed E-state index contributed by atoms with van der Waals surface area (Å²) in [6, 6.07) is 7.80. The Morgan fingerprint density at radius 1 is 1.37 bits per heavy atom. The fourth-order valence-electron chi connectivity index (χ4n) is 2.11. The Morgan fingerprint density at radius 3 is 2.79 bits per heavy atom. The Labute approximate surface area is 113 Å². The van der Waals surface area contributed by atoms with E-state index < -0.39 is 0 Å². The Hall–Kier alpha value is -1.81. The highest BCUT2D eigenvalue weighted by atomic mass is 16.3. The predicted molar refractivity (Wildman–Crippen MR) is 75.7 cm³/mol. The van der Waals surface area contributed by atoms with E-state index in [1.165, 1.54) is 0 Å². The number of nitrogens with one attached hydrogen (secondary N) is 1. The molecule has 0 aliphatic heterocycles. The number of aliphatic hydroxyl groups is 1. The second-order valence-electron chi connectivity index (χ2n) is 5.16. The molecule has 0 spiro atoms. The van der Waals surface area contributed by atoms with Gasteiger partial charge in [-0.05, 0) is 12.0 Å². The van der Waals surface area contributed by atoms with Gasteiger partial charge in [-0.2, -0.15) is 0 Å². The van der Waals surface area contributed by atoms with Crippen molar-refractivity contribution in [3.05, 3.63) is 36.0 Å². The van der Waals surface area contributed by atoms with Gasteiger partial charge in [0, 0.05) is 29.2 Å². The molecule has 4 heteroatoms. The van der Waals surface area contributed by atoms with Crippen molar-refractivity contribution in [1.82, 2.24) is 9.88 Å². The molecule has 4 nitrogen and oxygen atoms in total. The molecule has 0 unspecified atom stereocenters. The van der Waals surface area contributed by atoms with Crippen molar-refractivity contribution in [2.24, 2.45) is 5.92 Å². The number of hydrogen-bond donors (Lipinski definition) is 2. The molecule has 2 rings (SSSR count). The first kappa shape index (κ1) is 13.6. The van der Waals surface area contributed by atoms with Gasteiger partial charge in [0.25, 0.3) is 0 Å². The highest BCUT2D eigenvalue weighted by molar-refractivity contribution is 5.86. The predicted octanol–water partition coefficient (Wildman–Crippen LogP) is 1.91. The summed E-state index contributed by atoms with van der Waals surface area (Å²) in [5.74, 6) is 0.442. The molecule has 1 aromatic heterocycles. The van der Waals surface area contributed by atoms with Crippen molar-refractivity contribution >= 4 is 16.8 Å². The van der Waals surface area contributed by atoms with Gasteiger partial charge < -0.3 is 15.0 Å². The highest BCUT2D eigenvalue weighted by Gasteiger charge is 2.10. The van der Waals surface area contributed by atoms with Crippen molar-refractivity contribution in [3.63, 3.8) is 0 Å². The third-order valence-electron chi connectivity index (χ3n) is 3.06. The molecular formula is C15H20N2O2. The fourth-order valence-corrected chi connectivity index (χ4v) is 2.11. The summed E-state index contributed by atoms with van der Waals surface area (Å²) < 4.78 is 1.89. The monoisotopic (exact) mass is 260 g/mol. The number of nitrogens with zero attached hydrogens (tertiary/aromatic N) is 1. The van der Waals surface area contributed by atoms with E-state index in [1.54, 1.807) is 0 Å². The lowest BCUT2D eigenvalue weighted by Crippen LogP contribution is -2.30. The molecule has 0 bridgehead atoms. The van der Waals surface area contributed by atoms with Crippen LogP contribution in [-0.2, 0) is 17.9 Å². The van der Waals surface area contributed by atoms with Gasteiger partial charge in [-0.25, -0.2) is 0 Å². The lowest BCUT2D eigenvalue weighted by Gasteiger charge is -2.09. The third kappa shape index (κ3) is 3.15. The molecule has 0 aliphatic carbocycles. The van der Waals surface area contributed by atoms with Crippen LogP contribution in [0.15, 0.2) is 30.5 Å². The summed E-state index contributed by atoms with van der Waals surface area (Å²) in [7, 11) is 0. The van der Waals surface area contributed by atoms with Crippen LogP contribution < -0.4 is 5.32 Å². The summed E-state index contributed by atoms with van der Waals surface area (Å²) in [4.78, 5) is 11.9. The van der Waals surface area contributed by atoms with Gasteiger partial charge in [0.1, 0.15) is 6.54 Å². The van der Waals surface area contributed by atoms with E-state index in [2.05, 4.69) is 19.2 Å². The van der Waals surface area contributed by atoms with Crippen molar-refractivity contribution in [3.8, 4) is 0 Å². The SMILES string of the molecule is CC(C)CNC(=O)Cn1cc(CO)c2ccccc21. The number of benzene rings is 1. The summed E-state index contributed by atoms with van der Waals surface area (Å²) in [5, 5.41) is 13.2. The number of carbonyl (C=O) groups excluding carboxylic acids is 1. The van der Waals surface area contributed by atoms with Crippen LogP contribution in [0.25, 0.3) is 10.9 Å². The Balaban J connectivity index is 2.18. The molecule has 1 amide bonds. The standard InChI is InChI=1S/C15H20N2O2/c1-11(2)7-16-15(19)9-17-8-12(10-18)13-5-3-4-6-14(13)17/h3-6,8,11,18H,7,9-10H2,1-2H3,(H,16,19). The molecule has 0 saturated heterocycles. The van der Waals surface area contributed by atoms with Crippen LogP contribution in [0.1, 0.15) is 19.4 Å². The zero-order valence-electron chi connectivity index (χ0n) is 11.4. The first-order valence-electron chi connectivity index (χ1n) is 6.56. The van der Waals surface area contributed by atoms with E-state index in [9.17, 15) is 9.90 Å². The van der Waals surface area contributed by atoms with E-state index in [-0.39, 0.29) is 19.1 Å². The summed E-state index contributed by atoms with van der Waals surface area (Å²) in [6.07, 6.45) is 1.85. The first-order chi connectivity index (χ1) is 9.11. The average Bonchev–Trinajstić information content (AvgIpc) is 2.75. The van der Waals surface area contributed by atoms with Crippen LogP contribution in [-0.4, -0.2) is 22.1 Å². The molecular weight excluding hydrogens is 240 g/mol. The third-order valence-corrected chi connectivity index (χ3v) is 3.06. The Bertz CT molecular complexity index is 573. The Kier molecular flexibility index (Phi) is 4.22. The molecule has 0 atom stereocenters. The molecule has 0 fully saturated rings. The highest BCUT2D eigenvalue weighted by Crippen LogP contribution is 2.21. The van der Waals surface area contributed by atoms with E-state index in [1.807, 2.05) is 35.0 Å². The van der Waals surface area contributed by atoms with Crippen LogP contribution in [0.5, 0.6) is 0 Å². The molecule has 0 saturated carbocycles. The number of rotatable bonds is 5. The maximum Gasteiger partial charge on any atom is 0.239 e. The normalized spacial score (nSPS) is 11.2. The maximum absolute atomic E-state index is 11.9. The minimum atomic E-state index is -0.0128. The lowest BCUT2D eigenvalue weighted by molar-refractivity contribution is -0.121. The molecule has 0 radical (unpaired) electrons. The molecule has 1 aromatic carbocycles. The second-order valence-corrected chi connectivity index (χ2v) is 5.16. The zero-order valence-corrected chi connectivity index (χ0v) is 11.4. The number of aromatic nitrogens is 1. The number of amides is 1. The van der Waals surface area contributed by atoms with Gasteiger partial charge in [0.05, 0.1) is 6.61 Å². The number of carbonyl (C=O) groups is 1. The van der Waals surface area contributed by atoms with Crippen LogP contribution in [0.4, 0.5) is 0 Å². The van der Waals surface area contributed by atoms with Gasteiger partial charge >= 0.3 is 0 Å². The molecule has 2 aromatic rings. The average molecular weight is 260 g/mol. The van der Waals surface area contributed by atoms with Crippen molar-refractivity contribution in [1.29, 1.82) is 0 Å². The van der Waals surface area contributed by atoms with Gasteiger partial charge in [0.15, 0.2) is 0 Å². The smallest absolute Gasteiger partial charge is 0.239 e. The van der Waals surface area contributed by atoms with Crippen molar-refractivity contribution in [2.45, 2.75) is 27.0 Å². The first-order valence-corrected chi connectivity index (χ1v) is 6.56. The van der Waals surface area contributed by atoms with Crippen molar-refractivity contribution in [2.75, 3.05) is 6.54 Å². The summed E-state index contributed by atoms with van der Waals surface area (Å²) in [6.45, 7) is 5.09. The van der Waals surface area contributed by atoms with Crippen molar-refractivity contribution < 1.29 is 9.90 Å². The summed E-state index contributed by atoms with van der Waals surface area (Å²) >= 11 is 0. The van der Waals surface area contributed by atoms with Gasteiger partial charge in [-0.3, -0.25) is 4.79 Å². The number of aliphatic hydroxyl groups excluding tert-OH is 1. The Morgan fingerprint density at radius 2 is 2.11 bits per heavy atom. The minimum absolute atomic E-state index is 0.000979. The minimum Gasteiger partial charge on any atom is -0.392 e. The molecule has 19 heavy (non-hydrogen) atoms. The molecule has 102 valence electrons. The quantitative estimate of drug-likeness (QED) is 0.862. The maximum atomic E-state index is 11.9. The van der Waals surface area contributed by atoms with E-state index in [0.29, 0.717) is 12.5 Å². The van der Waals surface area contributed by atoms with E-state index in [0.717, 1.165) is 16.5 Å². The van der Waals surface area contributed by atoms with Gasteiger partial charge in [-0.15, -0.1) is 0 Å². The van der Waals surface area contributed by atoms with Crippen LogP contribution in [0.3, 0.4) is 0 Å². The number of para-hydroxylation sites is 1. The topological polar surface area (TPSA) is 54.3 Å². The molecule has 2 N–H and O–H groups in total. The molecule has 0 aliphatic rings. The van der Waals surface area contributed by atoms with Crippen LogP contribution >= 0.6 is 0 Å². The van der Waals surface area contributed by atoms with Gasteiger partial charge in [-0.1, -0.05) is 32.0 Å². The van der Waals surface area contributed by atoms with E-state index in [4.69, 9.17) is 0 Å². The molecule has 1 heterocycles. The summed E-state index contributed by atoms with van der Waals surface area (Å²) in [5.41, 5.74) is 1.83.